The average molecular weight is 258 g/mol. The maximum Gasteiger partial charge on any atom is 0.337 e. The van der Waals surface area contributed by atoms with Gasteiger partial charge in [0.1, 0.15) is 5.82 Å². The Balaban J connectivity index is 2.54. The summed E-state index contributed by atoms with van der Waals surface area (Å²) in [5, 5.41) is 11.8. The molecule has 92 valence electrons. The molecule has 6 nitrogen and oxygen atoms in total. The third-order valence-electron chi connectivity index (χ3n) is 1.98. The molecule has 0 atom stereocenters. The fourth-order valence-electron chi connectivity index (χ4n) is 1.15. The lowest BCUT2D eigenvalue weighted by Gasteiger charge is -2.06. The summed E-state index contributed by atoms with van der Waals surface area (Å²) in [6.07, 6.45) is 2.05. The van der Waals surface area contributed by atoms with Gasteiger partial charge in [0.05, 0.1) is 10.6 Å². The summed E-state index contributed by atoms with van der Waals surface area (Å²) < 4.78 is 0. The molecule has 4 N–H and O–H groups in total. The first-order valence-electron chi connectivity index (χ1n) is 4.91. The summed E-state index contributed by atoms with van der Waals surface area (Å²) in [5.74, 6) is -1.06. The van der Waals surface area contributed by atoms with Crippen molar-refractivity contribution >= 4 is 29.3 Å². The summed E-state index contributed by atoms with van der Waals surface area (Å²) in [6.45, 7) is 0.488. The highest BCUT2D eigenvalue weighted by atomic mass is 35.5. The first-order valence-corrected chi connectivity index (χ1v) is 5.29. The summed E-state index contributed by atoms with van der Waals surface area (Å²) in [4.78, 5) is 25.0. The van der Waals surface area contributed by atoms with Crippen molar-refractivity contribution in [3.05, 3.63) is 22.8 Å². The van der Waals surface area contributed by atoms with Gasteiger partial charge in [0, 0.05) is 19.2 Å². The molecule has 7 heteroatoms. The van der Waals surface area contributed by atoms with Crippen LogP contribution in [0.25, 0.3) is 0 Å². The van der Waals surface area contributed by atoms with Crippen molar-refractivity contribution in [2.75, 3.05) is 11.9 Å². The molecule has 0 fully saturated rings. The van der Waals surface area contributed by atoms with Crippen LogP contribution in [0.4, 0.5) is 5.82 Å². The van der Waals surface area contributed by atoms with Gasteiger partial charge in [-0.3, -0.25) is 4.79 Å². The highest BCUT2D eigenvalue weighted by Gasteiger charge is 2.07. The van der Waals surface area contributed by atoms with Crippen LogP contribution in [-0.4, -0.2) is 28.5 Å². The molecule has 1 heterocycles. The number of hydrogen-bond donors (Lipinski definition) is 3. The van der Waals surface area contributed by atoms with Crippen molar-refractivity contribution in [2.45, 2.75) is 12.8 Å². The Morgan fingerprint density at radius 3 is 2.76 bits per heavy atom. The van der Waals surface area contributed by atoms with Gasteiger partial charge < -0.3 is 16.2 Å². The third-order valence-corrected chi connectivity index (χ3v) is 2.27. The van der Waals surface area contributed by atoms with Gasteiger partial charge in [0.25, 0.3) is 0 Å². The number of amides is 1. The van der Waals surface area contributed by atoms with E-state index in [9.17, 15) is 9.59 Å². The first-order chi connectivity index (χ1) is 8.00. The van der Waals surface area contributed by atoms with Crippen molar-refractivity contribution < 1.29 is 14.7 Å². The number of hydrogen-bond acceptors (Lipinski definition) is 4. The van der Waals surface area contributed by atoms with Gasteiger partial charge in [-0.05, 0) is 12.5 Å². The molecule has 0 saturated heterocycles. The normalized spacial score (nSPS) is 9.94. The topological polar surface area (TPSA) is 105 Å². The number of aromatic nitrogens is 1. The van der Waals surface area contributed by atoms with Gasteiger partial charge >= 0.3 is 5.97 Å². The van der Waals surface area contributed by atoms with Gasteiger partial charge in [-0.2, -0.15) is 0 Å². The van der Waals surface area contributed by atoms with Crippen LogP contribution in [0.1, 0.15) is 23.2 Å². The molecule has 0 aromatic carbocycles. The number of carboxylic acid groups (broad SMARTS) is 1. The van der Waals surface area contributed by atoms with Crippen LogP contribution in [0.15, 0.2) is 12.3 Å². The number of aromatic carboxylic acids is 1. The molecule has 0 saturated carbocycles. The van der Waals surface area contributed by atoms with Gasteiger partial charge in [-0.15, -0.1) is 0 Å². The fourth-order valence-corrected chi connectivity index (χ4v) is 1.39. The van der Waals surface area contributed by atoms with Gasteiger partial charge in [-0.25, -0.2) is 9.78 Å². The van der Waals surface area contributed by atoms with Gasteiger partial charge in [0.15, 0.2) is 0 Å². The van der Waals surface area contributed by atoms with E-state index in [1.54, 1.807) is 0 Å². The van der Waals surface area contributed by atoms with E-state index in [2.05, 4.69) is 10.3 Å². The standard InChI is InChI=1S/C10H12ClN3O3/c11-7-4-6(10(16)17)5-14-9(7)13-3-1-2-8(12)15/h4-5H,1-3H2,(H2,12,15)(H,13,14)(H,16,17). The number of rotatable bonds is 6. The minimum Gasteiger partial charge on any atom is -0.478 e. The summed E-state index contributed by atoms with van der Waals surface area (Å²) >= 11 is 5.83. The number of carboxylic acids is 1. The van der Waals surface area contributed by atoms with E-state index in [0.717, 1.165) is 0 Å². The summed E-state index contributed by atoms with van der Waals surface area (Å²) in [5.41, 5.74) is 5.01. The number of nitrogens with two attached hydrogens (primary N) is 1. The number of primary amides is 1. The molecule has 0 aliphatic rings. The highest BCUT2D eigenvalue weighted by Crippen LogP contribution is 2.19. The van der Waals surface area contributed by atoms with E-state index in [0.29, 0.717) is 18.8 Å². The molecule has 0 unspecified atom stereocenters. The Hall–Kier alpha value is -1.82. The van der Waals surface area contributed by atoms with Gasteiger partial charge in [-0.1, -0.05) is 11.6 Å². The van der Waals surface area contributed by atoms with Crippen molar-refractivity contribution in [1.29, 1.82) is 0 Å². The second kappa shape index (κ2) is 6.05. The maximum absolute atomic E-state index is 10.6. The molecule has 0 radical (unpaired) electrons. The number of anilines is 1. The van der Waals surface area contributed by atoms with Crippen LogP contribution >= 0.6 is 11.6 Å². The van der Waals surface area contributed by atoms with E-state index in [1.807, 2.05) is 0 Å². The number of nitrogens with zero attached hydrogens (tertiary/aromatic N) is 1. The number of pyridine rings is 1. The van der Waals surface area contributed by atoms with E-state index < -0.39 is 5.97 Å². The predicted molar refractivity (Wildman–Crippen MR) is 63.1 cm³/mol. The molecule has 1 aromatic heterocycles. The second-order valence-electron chi connectivity index (χ2n) is 3.36. The minimum atomic E-state index is -1.08. The summed E-state index contributed by atoms with van der Waals surface area (Å²) in [7, 11) is 0. The zero-order chi connectivity index (χ0) is 12.8. The zero-order valence-corrected chi connectivity index (χ0v) is 9.70. The summed E-state index contributed by atoms with van der Waals surface area (Å²) in [6, 6.07) is 1.31. The molecule has 17 heavy (non-hydrogen) atoms. The van der Waals surface area contributed by atoms with Crippen LogP contribution < -0.4 is 11.1 Å². The molecular formula is C10H12ClN3O3. The zero-order valence-electron chi connectivity index (χ0n) is 8.94. The molecule has 0 aliphatic heterocycles. The van der Waals surface area contributed by atoms with Crippen molar-refractivity contribution in [3.63, 3.8) is 0 Å². The van der Waals surface area contributed by atoms with Crippen LogP contribution in [0.5, 0.6) is 0 Å². The quantitative estimate of drug-likeness (QED) is 0.662. The Labute approximate surface area is 103 Å². The lowest BCUT2D eigenvalue weighted by Crippen LogP contribution is -2.13. The Bertz CT molecular complexity index is 437. The highest BCUT2D eigenvalue weighted by molar-refractivity contribution is 6.33. The van der Waals surface area contributed by atoms with Crippen molar-refractivity contribution in [3.8, 4) is 0 Å². The third kappa shape index (κ3) is 4.28. The molecule has 1 aromatic rings. The smallest absolute Gasteiger partial charge is 0.337 e. The molecule has 1 rings (SSSR count). The lowest BCUT2D eigenvalue weighted by atomic mass is 10.2. The minimum absolute atomic E-state index is 0.0256. The number of nitrogens with one attached hydrogen (secondary N) is 1. The largest absolute Gasteiger partial charge is 0.478 e. The molecule has 0 aliphatic carbocycles. The van der Waals surface area contributed by atoms with E-state index in [1.165, 1.54) is 12.3 Å². The van der Waals surface area contributed by atoms with E-state index in [-0.39, 0.29) is 22.9 Å². The molecule has 0 spiro atoms. The Kier molecular flexibility index (Phi) is 4.71. The van der Waals surface area contributed by atoms with Gasteiger partial charge in [0.2, 0.25) is 5.91 Å². The monoisotopic (exact) mass is 257 g/mol. The number of carbonyl (C=O) groups is 2. The Morgan fingerprint density at radius 1 is 1.53 bits per heavy atom. The lowest BCUT2D eigenvalue weighted by molar-refractivity contribution is -0.118. The maximum atomic E-state index is 10.6. The van der Waals surface area contributed by atoms with E-state index >= 15 is 0 Å². The number of halogens is 1. The predicted octanol–water partition coefficient (Wildman–Crippen LogP) is 1.11. The SMILES string of the molecule is NC(=O)CCCNc1ncc(C(=O)O)cc1Cl. The van der Waals surface area contributed by atoms with Crippen LogP contribution in [0.3, 0.4) is 0 Å². The Morgan fingerprint density at radius 2 is 2.24 bits per heavy atom. The second-order valence-corrected chi connectivity index (χ2v) is 3.76. The fraction of sp³-hybridized carbons (Fsp3) is 0.300. The van der Waals surface area contributed by atoms with Crippen molar-refractivity contribution in [1.82, 2.24) is 4.98 Å². The van der Waals surface area contributed by atoms with Crippen molar-refractivity contribution in [2.24, 2.45) is 5.73 Å². The molecule has 1 amide bonds. The van der Waals surface area contributed by atoms with Crippen LogP contribution in [-0.2, 0) is 4.79 Å². The van der Waals surface area contributed by atoms with Crippen LogP contribution in [0, 0.1) is 0 Å². The van der Waals surface area contributed by atoms with E-state index in [4.69, 9.17) is 22.4 Å². The molecule has 0 bridgehead atoms. The van der Waals surface area contributed by atoms with Crippen LogP contribution in [0.2, 0.25) is 5.02 Å². The molecular weight excluding hydrogens is 246 g/mol. The number of carbonyl (C=O) groups excluding carboxylic acids is 1. The first kappa shape index (κ1) is 13.2. The average Bonchev–Trinajstić information content (AvgIpc) is 2.25.